The molecule has 2 atom stereocenters. The molecule has 0 N–H and O–H groups in total. The zero-order chi connectivity index (χ0) is 28.9. The number of alkyl halides is 3. The molecule has 4 rings (SSSR count). The normalized spacial score (nSPS) is 26.8. The maximum Gasteiger partial charge on any atom is 0.534 e. The molecule has 2 aliphatic carbocycles. The second-order valence-corrected chi connectivity index (χ2v) is 11.0. The van der Waals surface area contributed by atoms with Crippen molar-refractivity contribution in [2.24, 2.45) is 5.92 Å². The molecule has 4 aliphatic rings. The lowest BCUT2D eigenvalue weighted by Gasteiger charge is -2.35. The van der Waals surface area contributed by atoms with Gasteiger partial charge in [0, 0.05) is 19.4 Å². The minimum Gasteiger partial charge on any atom is -0.465 e. The Hall–Kier alpha value is -2.23. The molecule has 0 radical (unpaired) electrons. The van der Waals surface area contributed by atoms with Gasteiger partial charge in [0.05, 0.1) is 44.0 Å². The van der Waals surface area contributed by atoms with Crippen LogP contribution < -0.4 is 0 Å². The number of carbonyl (C=O) groups is 3. The van der Waals surface area contributed by atoms with Crippen LogP contribution in [0.2, 0.25) is 0 Å². The Balaban J connectivity index is 0.000000230. The van der Waals surface area contributed by atoms with Crippen LogP contribution in [-0.4, -0.2) is 76.1 Å². The average molecular weight is 587 g/mol. The van der Waals surface area contributed by atoms with Crippen molar-refractivity contribution in [2.75, 3.05) is 33.0 Å². The van der Waals surface area contributed by atoms with Gasteiger partial charge in [-0.2, -0.15) is 21.6 Å². The van der Waals surface area contributed by atoms with Gasteiger partial charge in [0.15, 0.2) is 5.79 Å². The first-order valence-corrected chi connectivity index (χ1v) is 14.2. The number of esters is 2. The molecule has 2 unspecified atom stereocenters. The topological polar surface area (TPSA) is 141 Å². The van der Waals surface area contributed by atoms with Crippen molar-refractivity contribution in [3.05, 3.63) is 11.3 Å². The van der Waals surface area contributed by atoms with Gasteiger partial charge in [0.2, 0.25) is 0 Å². The number of hydrogen-bond acceptors (Lipinski definition) is 11. The van der Waals surface area contributed by atoms with Crippen LogP contribution in [0.5, 0.6) is 0 Å². The molecular weight excluding hydrogens is 553 g/mol. The summed E-state index contributed by atoms with van der Waals surface area (Å²) >= 11 is 0. The number of ketones is 1. The van der Waals surface area contributed by atoms with E-state index in [1.54, 1.807) is 6.92 Å². The molecule has 2 heterocycles. The highest BCUT2D eigenvalue weighted by atomic mass is 32.2. The first-order valence-electron chi connectivity index (χ1n) is 12.8. The Kier molecular flexibility index (Phi) is 10.0. The van der Waals surface area contributed by atoms with Crippen molar-refractivity contribution in [2.45, 2.75) is 82.1 Å². The molecule has 2 spiro atoms. The summed E-state index contributed by atoms with van der Waals surface area (Å²) in [5.41, 5.74) is -6.09. The molecule has 0 amide bonds. The van der Waals surface area contributed by atoms with Gasteiger partial charge in [-0.25, -0.2) is 4.79 Å². The van der Waals surface area contributed by atoms with Crippen LogP contribution in [0.1, 0.15) is 65.2 Å². The predicted molar refractivity (Wildman–Crippen MR) is 125 cm³/mol. The van der Waals surface area contributed by atoms with Crippen molar-refractivity contribution in [3.8, 4) is 0 Å². The summed E-state index contributed by atoms with van der Waals surface area (Å²) in [5, 5.41) is 0. The molecule has 0 bridgehead atoms. The third-order valence-electron chi connectivity index (χ3n) is 6.90. The molecule has 0 aromatic heterocycles. The summed E-state index contributed by atoms with van der Waals surface area (Å²) in [4.78, 5) is 35.2. The maximum absolute atomic E-state index is 12.5. The van der Waals surface area contributed by atoms with Crippen molar-refractivity contribution < 1.29 is 63.8 Å². The van der Waals surface area contributed by atoms with Crippen LogP contribution in [0.15, 0.2) is 11.3 Å². The summed E-state index contributed by atoms with van der Waals surface area (Å²) in [6.07, 6.45) is 3.41. The van der Waals surface area contributed by atoms with E-state index in [1.165, 1.54) is 6.92 Å². The lowest BCUT2D eigenvalue weighted by atomic mass is 9.76. The summed E-state index contributed by atoms with van der Waals surface area (Å²) in [7, 11) is -5.90. The van der Waals surface area contributed by atoms with E-state index < -0.39 is 45.5 Å². The van der Waals surface area contributed by atoms with Gasteiger partial charge >= 0.3 is 27.6 Å². The van der Waals surface area contributed by atoms with Crippen molar-refractivity contribution in [1.29, 1.82) is 0 Å². The standard InChI is InChI=1S/C12H15F3O7S.C12H18O4/c1-2-19-10(16)8-3-4-11(20-5-6-21-11)7-9(8)22-23(17,18)12(13,14)15;1-2-15-11(14)9-8-12(5-3-7-16-12)6-4-10(9)13/h2-7H2,1H3;9H,2-8H2,1H3. The highest BCUT2D eigenvalue weighted by Gasteiger charge is 2.52. The Labute approximate surface area is 224 Å². The predicted octanol–water partition coefficient (Wildman–Crippen LogP) is 3.06. The van der Waals surface area contributed by atoms with Gasteiger partial charge in [0.25, 0.3) is 0 Å². The third-order valence-corrected chi connectivity index (χ3v) is 7.89. The van der Waals surface area contributed by atoms with E-state index in [0.717, 1.165) is 25.9 Å². The lowest BCUT2D eigenvalue weighted by molar-refractivity contribution is -0.169. The molecule has 2 aliphatic heterocycles. The summed E-state index contributed by atoms with van der Waals surface area (Å²) < 4.78 is 90.3. The summed E-state index contributed by atoms with van der Waals surface area (Å²) in [5.74, 6) is -3.80. The van der Waals surface area contributed by atoms with E-state index in [-0.39, 0.29) is 55.6 Å². The minimum atomic E-state index is -5.90. The quantitative estimate of drug-likeness (QED) is 0.196. The van der Waals surface area contributed by atoms with Gasteiger partial charge in [-0.15, -0.1) is 0 Å². The van der Waals surface area contributed by atoms with Gasteiger partial charge in [0.1, 0.15) is 17.5 Å². The van der Waals surface area contributed by atoms with Crippen LogP contribution >= 0.6 is 0 Å². The molecule has 0 aromatic rings. The van der Waals surface area contributed by atoms with Crippen molar-refractivity contribution in [3.63, 3.8) is 0 Å². The number of halogens is 3. The maximum atomic E-state index is 12.5. The molecule has 15 heteroatoms. The molecule has 1 saturated carbocycles. The molecule has 11 nitrogen and oxygen atoms in total. The van der Waals surface area contributed by atoms with E-state index in [2.05, 4.69) is 4.18 Å². The van der Waals surface area contributed by atoms with Gasteiger partial charge < -0.3 is 27.9 Å². The lowest BCUT2D eigenvalue weighted by Crippen LogP contribution is -2.42. The SMILES string of the molecule is CCOC(=O)C1=C(OS(=O)(=O)C(F)(F)F)CC2(CC1)OCCO2.CCOC(=O)C1CC2(CCCO2)CCC1=O. The smallest absolute Gasteiger partial charge is 0.465 e. The van der Waals surface area contributed by atoms with Crippen LogP contribution in [0.25, 0.3) is 0 Å². The van der Waals surface area contributed by atoms with Crippen molar-refractivity contribution in [1.82, 2.24) is 0 Å². The Morgan fingerprint density at radius 2 is 1.64 bits per heavy atom. The molecule has 222 valence electrons. The van der Waals surface area contributed by atoms with Crippen LogP contribution in [0, 0.1) is 5.92 Å². The van der Waals surface area contributed by atoms with E-state index >= 15 is 0 Å². The van der Waals surface area contributed by atoms with E-state index in [4.69, 9.17) is 23.7 Å². The van der Waals surface area contributed by atoms with Crippen molar-refractivity contribution >= 4 is 27.8 Å². The fourth-order valence-electron chi connectivity index (χ4n) is 5.02. The zero-order valence-electron chi connectivity index (χ0n) is 21.8. The van der Waals surface area contributed by atoms with E-state index in [0.29, 0.717) is 19.4 Å². The fraction of sp³-hybridized carbons (Fsp3) is 0.792. The van der Waals surface area contributed by atoms with Gasteiger partial charge in [-0.3, -0.25) is 9.59 Å². The highest BCUT2D eigenvalue weighted by molar-refractivity contribution is 7.87. The number of rotatable bonds is 6. The third kappa shape index (κ3) is 7.50. The second-order valence-electron chi connectivity index (χ2n) is 9.50. The van der Waals surface area contributed by atoms with Crippen LogP contribution in [-0.2, 0) is 52.4 Å². The number of Topliss-reactive ketones (excluding diaryl/α,β-unsaturated/α-hetero) is 1. The summed E-state index contributed by atoms with van der Waals surface area (Å²) in [6, 6.07) is 0. The number of ether oxygens (including phenoxy) is 5. The number of carbonyl (C=O) groups excluding carboxylic acids is 3. The van der Waals surface area contributed by atoms with Gasteiger partial charge in [-0.1, -0.05) is 0 Å². The van der Waals surface area contributed by atoms with Gasteiger partial charge in [-0.05, 0) is 46.0 Å². The Morgan fingerprint density at radius 3 is 2.21 bits per heavy atom. The molecule has 0 aromatic carbocycles. The molecule has 39 heavy (non-hydrogen) atoms. The van der Waals surface area contributed by atoms with Crippen LogP contribution in [0.3, 0.4) is 0 Å². The molecular formula is C24H33F3O11S. The van der Waals surface area contributed by atoms with E-state index in [9.17, 15) is 36.0 Å². The first-order chi connectivity index (χ1) is 18.3. The fourth-order valence-corrected chi connectivity index (χ4v) is 5.53. The van der Waals surface area contributed by atoms with E-state index in [1.807, 2.05) is 0 Å². The average Bonchev–Trinajstić information content (AvgIpc) is 3.51. The first kappa shape index (κ1) is 31.3. The monoisotopic (exact) mass is 586 g/mol. The van der Waals surface area contributed by atoms with Crippen LogP contribution in [0.4, 0.5) is 13.2 Å². The minimum absolute atomic E-state index is 0.0135. The molecule has 2 saturated heterocycles. The Bertz CT molecular complexity index is 1060. The largest absolute Gasteiger partial charge is 0.534 e. The Morgan fingerprint density at radius 1 is 0.974 bits per heavy atom. The summed E-state index contributed by atoms with van der Waals surface area (Å²) in [6.45, 7) is 4.77. The highest BCUT2D eigenvalue weighted by Crippen LogP contribution is 2.42. The molecule has 3 fully saturated rings. The number of hydrogen-bond donors (Lipinski definition) is 0. The second kappa shape index (κ2) is 12.5. The zero-order valence-corrected chi connectivity index (χ0v) is 22.6.